The Hall–Kier alpha value is -3.35. The van der Waals surface area contributed by atoms with E-state index < -0.39 is 29.6 Å². The first kappa shape index (κ1) is 22.8. The van der Waals surface area contributed by atoms with E-state index in [1.807, 2.05) is 36.4 Å². The minimum Gasteiger partial charge on any atom is -0.480 e. The lowest BCUT2D eigenvalue weighted by Crippen LogP contribution is -2.57. The molecule has 2 aliphatic rings. The Morgan fingerprint density at radius 3 is 2.15 bits per heavy atom. The van der Waals surface area contributed by atoms with E-state index in [2.05, 4.69) is 22.8 Å². The van der Waals surface area contributed by atoms with Crippen LogP contribution < -0.4 is 10.6 Å². The zero-order chi connectivity index (χ0) is 23.6. The van der Waals surface area contributed by atoms with Gasteiger partial charge in [0.1, 0.15) is 18.2 Å². The molecule has 7 nitrogen and oxygen atoms in total. The highest BCUT2D eigenvalue weighted by atomic mass is 16.5. The highest BCUT2D eigenvalue weighted by molar-refractivity contribution is 5.91. The van der Waals surface area contributed by atoms with Crippen molar-refractivity contribution in [2.24, 2.45) is 5.92 Å². The maximum atomic E-state index is 12.9. The molecule has 0 saturated heterocycles. The number of ether oxygens (including phenoxy) is 1. The first-order valence-electron chi connectivity index (χ1n) is 11.5. The zero-order valence-corrected chi connectivity index (χ0v) is 19.0. The number of carbonyl (C=O) groups excluding carboxylic acids is 2. The Morgan fingerprint density at radius 2 is 1.64 bits per heavy atom. The van der Waals surface area contributed by atoms with Crippen molar-refractivity contribution in [2.45, 2.75) is 57.0 Å². The molecule has 3 N–H and O–H groups in total. The van der Waals surface area contributed by atoms with Crippen molar-refractivity contribution in [2.75, 3.05) is 6.61 Å². The normalized spacial score (nSPS) is 17.3. The molecule has 2 aromatic carbocycles. The van der Waals surface area contributed by atoms with E-state index in [0.29, 0.717) is 12.3 Å². The lowest BCUT2D eigenvalue weighted by atomic mass is 9.98. The summed E-state index contributed by atoms with van der Waals surface area (Å²) in [4.78, 5) is 37.1. The molecule has 2 aliphatic carbocycles. The van der Waals surface area contributed by atoms with Gasteiger partial charge in [-0.05, 0) is 47.9 Å². The number of hydrogen-bond donors (Lipinski definition) is 3. The van der Waals surface area contributed by atoms with Gasteiger partial charge in [0.25, 0.3) is 0 Å². The number of benzene rings is 2. The Labute approximate surface area is 193 Å². The van der Waals surface area contributed by atoms with Crippen molar-refractivity contribution in [1.82, 2.24) is 10.6 Å². The fourth-order valence-electron chi connectivity index (χ4n) is 4.35. The van der Waals surface area contributed by atoms with Crippen molar-refractivity contribution in [3.05, 3.63) is 59.7 Å². The monoisotopic (exact) mass is 450 g/mol. The smallest absolute Gasteiger partial charge is 0.407 e. The third-order valence-electron chi connectivity index (χ3n) is 6.80. The van der Waals surface area contributed by atoms with Crippen LogP contribution in [0.25, 0.3) is 11.1 Å². The highest BCUT2D eigenvalue weighted by Crippen LogP contribution is 2.44. The summed E-state index contributed by atoms with van der Waals surface area (Å²) in [5.74, 6) is -1.33. The predicted octanol–water partition coefficient (Wildman–Crippen LogP) is 4.06. The minimum absolute atomic E-state index is 0.0748. The maximum Gasteiger partial charge on any atom is 0.407 e. The molecule has 174 valence electrons. The van der Waals surface area contributed by atoms with E-state index in [1.54, 1.807) is 6.92 Å². The molecule has 0 radical (unpaired) electrons. The van der Waals surface area contributed by atoms with E-state index in [1.165, 1.54) is 6.92 Å². The number of fused-ring (bicyclic) bond motifs is 3. The van der Waals surface area contributed by atoms with Gasteiger partial charge in [0.15, 0.2) is 0 Å². The fraction of sp³-hybridized carbons (Fsp3) is 0.423. The molecule has 1 saturated carbocycles. The van der Waals surface area contributed by atoms with Gasteiger partial charge in [-0.15, -0.1) is 0 Å². The molecule has 0 aromatic heterocycles. The summed E-state index contributed by atoms with van der Waals surface area (Å²) in [5, 5.41) is 14.8. The lowest BCUT2D eigenvalue weighted by molar-refractivity contribution is -0.147. The molecular formula is C26H30N2O5. The van der Waals surface area contributed by atoms with Crippen LogP contribution in [0.3, 0.4) is 0 Å². The molecule has 0 aliphatic heterocycles. The summed E-state index contributed by atoms with van der Waals surface area (Å²) in [5.41, 5.74) is 3.11. The van der Waals surface area contributed by atoms with Gasteiger partial charge in [-0.2, -0.15) is 0 Å². The van der Waals surface area contributed by atoms with Gasteiger partial charge in [0.05, 0.1) is 0 Å². The third-order valence-corrected chi connectivity index (χ3v) is 6.80. The standard InChI is InChI=1S/C26H30N2O5/c1-3-26(2,24(30)31)28-23(29)22(14-16-12-13-16)27-25(32)33-15-21-19-10-6-4-8-17(19)18-9-5-7-11-20(18)21/h4-11,16,21-22H,3,12-15H2,1-2H3,(H,27,32)(H,28,29)(H,30,31). The summed E-state index contributed by atoms with van der Waals surface area (Å²) >= 11 is 0. The second-order valence-corrected chi connectivity index (χ2v) is 9.18. The predicted molar refractivity (Wildman–Crippen MR) is 124 cm³/mol. The first-order valence-corrected chi connectivity index (χ1v) is 11.5. The number of nitrogens with one attached hydrogen (secondary N) is 2. The molecule has 2 amide bonds. The second-order valence-electron chi connectivity index (χ2n) is 9.18. The number of aliphatic carboxylic acids is 1. The second kappa shape index (κ2) is 9.25. The van der Waals surface area contributed by atoms with Crippen LogP contribution in [-0.2, 0) is 14.3 Å². The van der Waals surface area contributed by atoms with Gasteiger partial charge in [-0.1, -0.05) is 68.3 Å². The largest absolute Gasteiger partial charge is 0.480 e. The molecule has 33 heavy (non-hydrogen) atoms. The Bertz CT molecular complexity index is 1020. The van der Waals surface area contributed by atoms with Crippen molar-refractivity contribution < 1.29 is 24.2 Å². The molecule has 2 unspecified atom stereocenters. The molecule has 0 heterocycles. The highest BCUT2D eigenvalue weighted by Gasteiger charge is 2.38. The zero-order valence-electron chi connectivity index (χ0n) is 19.0. The number of amides is 2. The summed E-state index contributed by atoms with van der Waals surface area (Å²) in [6, 6.07) is 15.3. The molecule has 2 aromatic rings. The average molecular weight is 451 g/mol. The van der Waals surface area contributed by atoms with E-state index in [0.717, 1.165) is 35.1 Å². The topological polar surface area (TPSA) is 105 Å². The van der Waals surface area contributed by atoms with E-state index in [4.69, 9.17) is 4.74 Å². The number of carboxylic acid groups (broad SMARTS) is 1. The quantitative estimate of drug-likeness (QED) is 0.534. The minimum atomic E-state index is -1.39. The van der Waals surface area contributed by atoms with Gasteiger partial charge < -0.3 is 20.5 Å². The number of carbonyl (C=O) groups is 3. The average Bonchev–Trinajstić information content (AvgIpc) is 3.57. The van der Waals surface area contributed by atoms with Crippen molar-refractivity contribution in [1.29, 1.82) is 0 Å². The van der Waals surface area contributed by atoms with Gasteiger partial charge in [-0.25, -0.2) is 9.59 Å². The molecule has 0 spiro atoms. The van der Waals surface area contributed by atoms with E-state index in [9.17, 15) is 19.5 Å². The summed E-state index contributed by atoms with van der Waals surface area (Å²) in [6.45, 7) is 3.32. The number of alkyl carbamates (subject to hydrolysis) is 1. The molecule has 7 heteroatoms. The summed E-state index contributed by atoms with van der Waals surface area (Å²) < 4.78 is 5.58. The number of carboxylic acids is 1. The molecule has 4 rings (SSSR count). The Morgan fingerprint density at radius 1 is 1.06 bits per heavy atom. The van der Waals surface area contributed by atoms with Crippen LogP contribution in [0, 0.1) is 5.92 Å². The van der Waals surface area contributed by atoms with Crippen molar-refractivity contribution in [3.63, 3.8) is 0 Å². The van der Waals surface area contributed by atoms with Gasteiger partial charge in [-0.3, -0.25) is 4.79 Å². The maximum absolute atomic E-state index is 12.9. The first-order chi connectivity index (χ1) is 15.8. The van der Waals surface area contributed by atoms with Crippen LogP contribution in [-0.4, -0.2) is 41.3 Å². The van der Waals surface area contributed by atoms with Gasteiger partial charge in [0, 0.05) is 5.92 Å². The number of rotatable bonds is 9. The summed E-state index contributed by atoms with van der Waals surface area (Å²) in [7, 11) is 0. The lowest BCUT2D eigenvalue weighted by Gasteiger charge is -2.28. The third kappa shape index (κ3) is 4.87. The molecule has 0 bridgehead atoms. The van der Waals surface area contributed by atoms with Crippen LogP contribution in [0.2, 0.25) is 0 Å². The van der Waals surface area contributed by atoms with E-state index in [-0.39, 0.29) is 18.9 Å². The van der Waals surface area contributed by atoms with Crippen LogP contribution in [0.5, 0.6) is 0 Å². The Balaban J connectivity index is 1.42. The molecule has 1 fully saturated rings. The summed E-state index contributed by atoms with van der Waals surface area (Å²) in [6.07, 6.45) is 2.02. The van der Waals surface area contributed by atoms with Gasteiger partial charge >= 0.3 is 12.1 Å². The van der Waals surface area contributed by atoms with Crippen LogP contribution in [0.15, 0.2) is 48.5 Å². The number of hydrogen-bond acceptors (Lipinski definition) is 4. The van der Waals surface area contributed by atoms with Crippen LogP contribution in [0.1, 0.15) is 56.6 Å². The fourth-order valence-corrected chi connectivity index (χ4v) is 4.35. The van der Waals surface area contributed by atoms with Crippen LogP contribution in [0.4, 0.5) is 4.79 Å². The molecule has 2 atom stereocenters. The van der Waals surface area contributed by atoms with Crippen molar-refractivity contribution in [3.8, 4) is 11.1 Å². The SMILES string of the molecule is CCC(C)(NC(=O)C(CC1CC1)NC(=O)OCC1c2ccccc2-c2ccccc21)C(=O)O. The Kier molecular flexibility index (Phi) is 6.40. The van der Waals surface area contributed by atoms with Crippen molar-refractivity contribution >= 4 is 18.0 Å². The van der Waals surface area contributed by atoms with Gasteiger partial charge in [0.2, 0.25) is 5.91 Å². The van der Waals surface area contributed by atoms with Crippen LogP contribution >= 0.6 is 0 Å². The van der Waals surface area contributed by atoms with E-state index >= 15 is 0 Å². The molecular weight excluding hydrogens is 420 g/mol.